The van der Waals surface area contributed by atoms with Crippen molar-refractivity contribution in [3.63, 3.8) is 0 Å². The first-order chi connectivity index (χ1) is 4.75. The van der Waals surface area contributed by atoms with Crippen molar-refractivity contribution in [2.24, 2.45) is 0 Å². The lowest BCUT2D eigenvalue weighted by Crippen LogP contribution is -2.49. The second-order valence-electron chi connectivity index (χ2n) is 1.72. The van der Waals surface area contributed by atoms with Crippen LogP contribution in [0.1, 0.15) is 0 Å². The van der Waals surface area contributed by atoms with Crippen LogP contribution in [0.15, 0.2) is 0 Å². The smallest absolute Gasteiger partial charge is 0.357 e. The summed E-state index contributed by atoms with van der Waals surface area (Å²) >= 11 is 0. The molecule has 0 radical (unpaired) electrons. The standard InChI is InChI=1S/C3H6O7S/c4-1-3(7,2(5)6)11(8,9)10/h4,7H,1H2,(H,5,6)(H,8,9,10). The van der Waals surface area contributed by atoms with E-state index in [4.69, 9.17) is 19.9 Å². The van der Waals surface area contributed by atoms with E-state index in [0.717, 1.165) is 0 Å². The third kappa shape index (κ3) is 1.66. The van der Waals surface area contributed by atoms with Crippen LogP contribution in [0.5, 0.6) is 0 Å². The maximum Gasteiger partial charge on any atom is 0.357 e. The van der Waals surface area contributed by atoms with Crippen LogP contribution in [0.4, 0.5) is 0 Å². The van der Waals surface area contributed by atoms with Crippen LogP contribution in [0.3, 0.4) is 0 Å². The number of carboxylic acids is 1. The van der Waals surface area contributed by atoms with E-state index in [1.54, 1.807) is 0 Å². The molecule has 4 N–H and O–H groups in total. The van der Waals surface area contributed by atoms with Crippen molar-refractivity contribution in [3.8, 4) is 0 Å². The number of hydrogen-bond acceptors (Lipinski definition) is 5. The fourth-order valence-corrected chi connectivity index (χ4v) is 0.643. The first-order valence-electron chi connectivity index (χ1n) is 2.29. The third-order valence-electron chi connectivity index (χ3n) is 0.975. The van der Waals surface area contributed by atoms with Crippen LogP contribution in [-0.2, 0) is 14.9 Å². The Balaban J connectivity index is 5.09. The number of aliphatic hydroxyl groups excluding tert-OH is 1. The second-order valence-corrected chi connectivity index (χ2v) is 3.35. The minimum atomic E-state index is -5.21. The van der Waals surface area contributed by atoms with Gasteiger partial charge < -0.3 is 15.3 Å². The molecule has 8 heteroatoms. The Labute approximate surface area is 61.6 Å². The summed E-state index contributed by atoms with van der Waals surface area (Å²) in [6, 6.07) is 0. The van der Waals surface area contributed by atoms with Crippen molar-refractivity contribution < 1.29 is 33.1 Å². The third-order valence-corrected chi connectivity index (χ3v) is 2.13. The van der Waals surface area contributed by atoms with Gasteiger partial charge in [-0.3, -0.25) is 4.55 Å². The normalized spacial score (nSPS) is 17.4. The predicted molar refractivity (Wildman–Crippen MR) is 31.2 cm³/mol. The van der Waals surface area contributed by atoms with Crippen LogP contribution in [0, 0.1) is 0 Å². The van der Waals surface area contributed by atoms with Crippen LogP contribution in [0.25, 0.3) is 0 Å². The molecule has 1 unspecified atom stereocenters. The van der Waals surface area contributed by atoms with Crippen LogP contribution in [0.2, 0.25) is 0 Å². The largest absolute Gasteiger partial charge is 0.478 e. The predicted octanol–water partition coefficient (Wildman–Crippen LogP) is -2.36. The van der Waals surface area contributed by atoms with Gasteiger partial charge in [0.2, 0.25) is 0 Å². The summed E-state index contributed by atoms with van der Waals surface area (Å²) in [5.74, 6) is -2.23. The van der Waals surface area contributed by atoms with Gasteiger partial charge in [-0.1, -0.05) is 0 Å². The molecule has 7 nitrogen and oxygen atoms in total. The molecule has 0 aliphatic carbocycles. The molecule has 0 aliphatic rings. The SMILES string of the molecule is O=C(O)C(O)(CO)S(=O)(=O)O. The minimum Gasteiger partial charge on any atom is -0.478 e. The molecule has 0 aromatic carbocycles. The fraction of sp³-hybridized carbons (Fsp3) is 0.667. The number of aliphatic hydroxyl groups is 2. The lowest BCUT2D eigenvalue weighted by atomic mass is 10.4. The van der Waals surface area contributed by atoms with E-state index in [1.165, 1.54) is 0 Å². The Morgan fingerprint density at radius 3 is 1.82 bits per heavy atom. The summed E-state index contributed by atoms with van der Waals surface area (Å²) in [7, 11) is -5.21. The Kier molecular flexibility index (Phi) is 2.56. The van der Waals surface area contributed by atoms with E-state index < -0.39 is 27.6 Å². The molecule has 0 heterocycles. The van der Waals surface area contributed by atoms with Crippen molar-refractivity contribution >= 4 is 16.1 Å². The number of rotatable bonds is 3. The van der Waals surface area contributed by atoms with Gasteiger partial charge in [0.25, 0.3) is 0 Å². The zero-order chi connectivity index (χ0) is 9.28. The highest BCUT2D eigenvalue weighted by molar-refractivity contribution is 7.87. The molecule has 0 spiro atoms. The van der Waals surface area contributed by atoms with E-state index in [0.29, 0.717) is 0 Å². The molecule has 0 aromatic heterocycles. The monoisotopic (exact) mass is 186 g/mol. The zero-order valence-electron chi connectivity index (χ0n) is 5.13. The summed E-state index contributed by atoms with van der Waals surface area (Å²) in [4.78, 5) is 6.43. The number of carbonyl (C=O) groups is 1. The van der Waals surface area contributed by atoms with Gasteiger partial charge in [-0.15, -0.1) is 0 Å². The number of hydrogen-bond donors (Lipinski definition) is 4. The van der Waals surface area contributed by atoms with Gasteiger partial charge in [-0.05, 0) is 0 Å². The molecular formula is C3H6O7S. The summed E-state index contributed by atoms with van der Waals surface area (Å²) < 4.78 is 28.3. The number of carboxylic acid groups (broad SMARTS) is 1. The van der Waals surface area contributed by atoms with Gasteiger partial charge in [-0.2, -0.15) is 8.42 Å². The topological polar surface area (TPSA) is 132 Å². The molecule has 0 aliphatic heterocycles. The quantitative estimate of drug-likeness (QED) is 0.362. The average molecular weight is 186 g/mol. The van der Waals surface area contributed by atoms with Gasteiger partial charge >= 0.3 is 21.0 Å². The van der Waals surface area contributed by atoms with E-state index in [-0.39, 0.29) is 0 Å². The lowest BCUT2D eigenvalue weighted by molar-refractivity contribution is -0.153. The highest BCUT2D eigenvalue weighted by Crippen LogP contribution is 2.11. The van der Waals surface area contributed by atoms with Crippen molar-refractivity contribution in [3.05, 3.63) is 0 Å². The van der Waals surface area contributed by atoms with Crippen LogP contribution < -0.4 is 0 Å². The van der Waals surface area contributed by atoms with Crippen molar-refractivity contribution in [2.75, 3.05) is 6.61 Å². The van der Waals surface area contributed by atoms with Gasteiger partial charge in [-0.25, -0.2) is 4.79 Å². The maximum absolute atomic E-state index is 10.1. The Hall–Kier alpha value is -0.700. The average Bonchev–Trinajstić information content (AvgIpc) is 1.83. The highest BCUT2D eigenvalue weighted by atomic mass is 32.2. The lowest BCUT2D eigenvalue weighted by Gasteiger charge is -2.15. The number of aliphatic carboxylic acids is 1. The van der Waals surface area contributed by atoms with Gasteiger partial charge in [0.15, 0.2) is 0 Å². The molecule has 0 amide bonds. The molecule has 0 saturated heterocycles. The molecule has 0 saturated carbocycles. The van der Waals surface area contributed by atoms with E-state index in [9.17, 15) is 13.2 Å². The zero-order valence-corrected chi connectivity index (χ0v) is 5.95. The van der Waals surface area contributed by atoms with Gasteiger partial charge in [0, 0.05) is 0 Å². The summed E-state index contributed by atoms with van der Waals surface area (Å²) in [6.45, 7) is -1.61. The minimum absolute atomic E-state index is 1.61. The summed E-state index contributed by atoms with van der Waals surface area (Å²) in [5.41, 5.74) is 0. The van der Waals surface area contributed by atoms with Crippen molar-refractivity contribution in [2.45, 2.75) is 4.93 Å². The maximum atomic E-state index is 10.1. The Morgan fingerprint density at radius 1 is 1.45 bits per heavy atom. The molecule has 0 bridgehead atoms. The summed E-state index contributed by atoms with van der Waals surface area (Å²) in [6.07, 6.45) is 0. The second kappa shape index (κ2) is 2.74. The van der Waals surface area contributed by atoms with Gasteiger partial charge in [0.05, 0.1) is 0 Å². The molecular weight excluding hydrogens is 180 g/mol. The van der Waals surface area contributed by atoms with Crippen LogP contribution in [-0.4, -0.2) is 45.8 Å². The van der Waals surface area contributed by atoms with E-state index in [1.807, 2.05) is 0 Å². The van der Waals surface area contributed by atoms with Gasteiger partial charge in [0.1, 0.15) is 6.61 Å². The molecule has 0 rings (SSSR count). The first kappa shape index (κ1) is 10.3. The van der Waals surface area contributed by atoms with Crippen molar-refractivity contribution in [1.29, 1.82) is 0 Å². The highest BCUT2D eigenvalue weighted by Gasteiger charge is 2.48. The molecule has 0 fully saturated rings. The van der Waals surface area contributed by atoms with Crippen molar-refractivity contribution in [1.82, 2.24) is 0 Å². The molecule has 0 aromatic rings. The molecule has 66 valence electrons. The van der Waals surface area contributed by atoms with E-state index in [2.05, 4.69) is 0 Å². The Bertz CT molecular complexity index is 253. The summed E-state index contributed by atoms with van der Waals surface area (Å²) in [5, 5.41) is 24.7. The first-order valence-corrected chi connectivity index (χ1v) is 3.73. The fourth-order valence-electron chi connectivity index (χ4n) is 0.260. The molecule has 1 atom stereocenters. The van der Waals surface area contributed by atoms with Crippen LogP contribution >= 0.6 is 0 Å². The van der Waals surface area contributed by atoms with E-state index >= 15 is 0 Å². The Morgan fingerprint density at radius 2 is 1.82 bits per heavy atom. The molecule has 11 heavy (non-hydrogen) atoms.